The molecule has 0 bridgehead atoms. The Morgan fingerprint density at radius 2 is 1.76 bits per heavy atom. The lowest BCUT2D eigenvalue weighted by atomic mass is 10.2. The van der Waals surface area contributed by atoms with Crippen LogP contribution in [0.2, 0.25) is 0 Å². The highest BCUT2D eigenvalue weighted by molar-refractivity contribution is 7.89. The van der Waals surface area contributed by atoms with E-state index in [4.69, 9.17) is 10.9 Å². The van der Waals surface area contributed by atoms with Crippen LogP contribution < -0.4 is 15.8 Å². The lowest BCUT2D eigenvalue weighted by molar-refractivity contribution is 0.591. The second-order valence-electron chi connectivity index (χ2n) is 4.76. The molecule has 0 unspecified atom stereocenters. The van der Waals surface area contributed by atoms with Crippen molar-refractivity contribution in [3.8, 4) is 0 Å². The van der Waals surface area contributed by atoms with Crippen molar-refractivity contribution in [3.05, 3.63) is 53.8 Å². The van der Waals surface area contributed by atoms with Crippen molar-refractivity contribution in [1.82, 2.24) is 0 Å². The third-order valence-corrected chi connectivity index (χ3v) is 3.97. The molecular weight excluding hydrogens is 293 g/mol. The molecule has 0 heterocycles. The number of benzene rings is 2. The summed E-state index contributed by atoms with van der Waals surface area (Å²) in [5.41, 5.74) is 7.52. The van der Waals surface area contributed by atoms with Gasteiger partial charge in [0, 0.05) is 19.3 Å². The van der Waals surface area contributed by atoms with Gasteiger partial charge in [-0.3, -0.25) is 0 Å². The first-order valence-electron chi connectivity index (χ1n) is 6.15. The summed E-state index contributed by atoms with van der Waals surface area (Å²) in [6.07, 6.45) is 0. The second-order valence-corrected chi connectivity index (χ2v) is 6.32. The van der Waals surface area contributed by atoms with E-state index in [1.807, 2.05) is 12.1 Å². The standard InChI is InChI=1S/C14H16FN3O2S/c1-18(9-10-2-4-11(16)5-3-10)14-7-6-12(8-13(14)15)21(17,19)20/h2-8H,9,16H2,1H3,(H2,17,19,20). The zero-order valence-electron chi connectivity index (χ0n) is 11.5. The average Bonchev–Trinajstić information content (AvgIpc) is 2.40. The molecule has 0 aliphatic carbocycles. The number of sulfonamides is 1. The maximum Gasteiger partial charge on any atom is 0.238 e. The van der Waals surface area contributed by atoms with Crippen molar-refractivity contribution in [3.63, 3.8) is 0 Å². The fourth-order valence-corrected chi connectivity index (χ4v) is 2.48. The molecule has 0 amide bonds. The molecule has 0 atom stereocenters. The zero-order valence-corrected chi connectivity index (χ0v) is 12.3. The van der Waals surface area contributed by atoms with Crippen LogP contribution in [0.15, 0.2) is 47.4 Å². The van der Waals surface area contributed by atoms with Crippen LogP contribution in [0.25, 0.3) is 0 Å². The highest BCUT2D eigenvalue weighted by Gasteiger charge is 2.14. The normalized spacial score (nSPS) is 11.4. The van der Waals surface area contributed by atoms with Crippen LogP contribution in [0.4, 0.5) is 15.8 Å². The summed E-state index contributed by atoms with van der Waals surface area (Å²) in [5.74, 6) is -0.639. The summed E-state index contributed by atoms with van der Waals surface area (Å²) in [4.78, 5) is 1.43. The Morgan fingerprint density at radius 1 is 1.14 bits per heavy atom. The van der Waals surface area contributed by atoms with Crippen LogP contribution in [0.3, 0.4) is 0 Å². The quantitative estimate of drug-likeness (QED) is 0.841. The Bertz CT molecular complexity index is 745. The molecule has 2 rings (SSSR count). The van der Waals surface area contributed by atoms with Gasteiger partial charge in [0.2, 0.25) is 10.0 Å². The Labute approximate surface area is 123 Å². The first kappa shape index (κ1) is 15.3. The van der Waals surface area contributed by atoms with Gasteiger partial charge in [0.15, 0.2) is 0 Å². The van der Waals surface area contributed by atoms with Crippen LogP contribution in [0, 0.1) is 5.82 Å². The van der Waals surface area contributed by atoms with Crippen LogP contribution in [0.5, 0.6) is 0 Å². The lowest BCUT2D eigenvalue weighted by Crippen LogP contribution is -2.19. The zero-order chi connectivity index (χ0) is 15.6. The van der Waals surface area contributed by atoms with Crippen molar-refractivity contribution in [1.29, 1.82) is 0 Å². The molecule has 0 radical (unpaired) electrons. The van der Waals surface area contributed by atoms with Gasteiger partial charge in [-0.15, -0.1) is 0 Å². The van der Waals surface area contributed by atoms with Gasteiger partial charge in [0.1, 0.15) is 5.82 Å². The number of halogens is 1. The highest BCUT2D eigenvalue weighted by Crippen LogP contribution is 2.23. The molecule has 2 aromatic rings. The van der Waals surface area contributed by atoms with E-state index in [2.05, 4.69) is 0 Å². The largest absolute Gasteiger partial charge is 0.399 e. The third-order valence-electron chi connectivity index (χ3n) is 3.06. The minimum atomic E-state index is -3.90. The maximum atomic E-state index is 14.0. The van der Waals surface area contributed by atoms with Crippen LogP contribution in [0.1, 0.15) is 5.56 Å². The fraction of sp³-hybridized carbons (Fsp3) is 0.143. The number of rotatable bonds is 4. The number of hydrogen-bond donors (Lipinski definition) is 2. The van der Waals surface area contributed by atoms with Gasteiger partial charge in [-0.05, 0) is 35.9 Å². The molecule has 0 aliphatic rings. The molecule has 7 heteroatoms. The SMILES string of the molecule is CN(Cc1ccc(N)cc1)c1ccc(S(N)(=O)=O)cc1F. The maximum absolute atomic E-state index is 14.0. The lowest BCUT2D eigenvalue weighted by Gasteiger charge is -2.20. The monoisotopic (exact) mass is 309 g/mol. The van der Waals surface area contributed by atoms with Crippen molar-refractivity contribution in [2.45, 2.75) is 11.4 Å². The summed E-state index contributed by atoms with van der Waals surface area (Å²) in [7, 11) is -2.19. The first-order valence-corrected chi connectivity index (χ1v) is 7.70. The number of primary sulfonamides is 1. The minimum Gasteiger partial charge on any atom is -0.399 e. The van der Waals surface area contributed by atoms with E-state index in [1.54, 1.807) is 24.1 Å². The summed E-state index contributed by atoms with van der Waals surface area (Å²) < 4.78 is 36.4. The van der Waals surface area contributed by atoms with E-state index in [0.29, 0.717) is 17.9 Å². The number of anilines is 2. The summed E-state index contributed by atoms with van der Waals surface area (Å²) in [5, 5.41) is 4.97. The summed E-state index contributed by atoms with van der Waals surface area (Å²) in [6.45, 7) is 0.464. The molecule has 0 saturated heterocycles. The molecule has 21 heavy (non-hydrogen) atoms. The van der Waals surface area contributed by atoms with E-state index in [9.17, 15) is 12.8 Å². The smallest absolute Gasteiger partial charge is 0.238 e. The van der Waals surface area contributed by atoms with E-state index in [1.165, 1.54) is 12.1 Å². The van der Waals surface area contributed by atoms with E-state index < -0.39 is 15.8 Å². The molecule has 0 spiro atoms. The Balaban J connectivity index is 2.23. The predicted molar refractivity (Wildman–Crippen MR) is 80.7 cm³/mol. The van der Waals surface area contributed by atoms with Gasteiger partial charge in [0.05, 0.1) is 10.6 Å². The molecular formula is C14H16FN3O2S. The van der Waals surface area contributed by atoms with E-state index in [0.717, 1.165) is 11.6 Å². The van der Waals surface area contributed by atoms with E-state index >= 15 is 0 Å². The topological polar surface area (TPSA) is 89.4 Å². The molecule has 0 fully saturated rings. The molecule has 4 N–H and O–H groups in total. The van der Waals surface area contributed by atoms with Gasteiger partial charge in [-0.2, -0.15) is 0 Å². The molecule has 5 nitrogen and oxygen atoms in total. The van der Waals surface area contributed by atoms with Gasteiger partial charge < -0.3 is 10.6 Å². The third kappa shape index (κ3) is 3.71. The van der Waals surface area contributed by atoms with Gasteiger partial charge in [-0.25, -0.2) is 17.9 Å². The van der Waals surface area contributed by atoms with E-state index in [-0.39, 0.29) is 4.90 Å². The first-order chi connectivity index (χ1) is 9.77. The summed E-state index contributed by atoms with van der Waals surface area (Å²) >= 11 is 0. The predicted octanol–water partition coefficient (Wildman–Crippen LogP) is 1.69. The van der Waals surface area contributed by atoms with Crippen molar-refractivity contribution in [2.75, 3.05) is 17.7 Å². The molecule has 2 aromatic carbocycles. The highest BCUT2D eigenvalue weighted by atomic mass is 32.2. The minimum absolute atomic E-state index is 0.246. The molecule has 0 aromatic heterocycles. The number of nitrogens with zero attached hydrogens (tertiary/aromatic N) is 1. The van der Waals surface area contributed by atoms with Crippen LogP contribution in [-0.2, 0) is 16.6 Å². The van der Waals surface area contributed by atoms with Gasteiger partial charge in [0.25, 0.3) is 0 Å². The van der Waals surface area contributed by atoms with Gasteiger partial charge in [-0.1, -0.05) is 12.1 Å². The van der Waals surface area contributed by atoms with Crippen molar-refractivity contribution in [2.24, 2.45) is 5.14 Å². The van der Waals surface area contributed by atoms with Crippen molar-refractivity contribution >= 4 is 21.4 Å². The number of nitrogens with two attached hydrogens (primary N) is 2. The second kappa shape index (κ2) is 5.71. The Kier molecular flexibility index (Phi) is 4.15. The van der Waals surface area contributed by atoms with Gasteiger partial charge >= 0.3 is 0 Å². The van der Waals surface area contributed by atoms with Crippen LogP contribution in [-0.4, -0.2) is 15.5 Å². The molecule has 0 saturated carbocycles. The Hall–Kier alpha value is -2.12. The average molecular weight is 309 g/mol. The number of nitrogen functional groups attached to an aromatic ring is 1. The van der Waals surface area contributed by atoms with Crippen LogP contribution >= 0.6 is 0 Å². The number of hydrogen-bond acceptors (Lipinski definition) is 4. The fourth-order valence-electron chi connectivity index (χ4n) is 1.96. The summed E-state index contributed by atoms with van der Waals surface area (Å²) in [6, 6.07) is 10.8. The molecule has 112 valence electrons. The van der Waals surface area contributed by atoms with Crippen molar-refractivity contribution < 1.29 is 12.8 Å². The molecule has 0 aliphatic heterocycles. The Morgan fingerprint density at radius 3 is 2.29 bits per heavy atom.